The number of carbonyl (C=O) groups excluding carboxylic acids is 1. The smallest absolute Gasteiger partial charge is 0.225 e. The minimum absolute atomic E-state index is 0.121. The van der Waals surface area contributed by atoms with Crippen LogP contribution < -0.4 is 10.6 Å². The molecule has 0 atom stereocenters. The Morgan fingerprint density at radius 2 is 1.82 bits per heavy atom. The molecule has 0 heterocycles. The van der Waals surface area contributed by atoms with Crippen molar-refractivity contribution in [1.29, 1.82) is 0 Å². The van der Waals surface area contributed by atoms with Crippen molar-refractivity contribution in [1.82, 2.24) is 4.90 Å². The molecule has 0 radical (unpaired) electrons. The van der Waals surface area contributed by atoms with E-state index in [1.54, 1.807) is 0 Å². The van der Waals surface area contributed by atoms with Gasteiger partial charge in [-0.3, -0.25) is 4.79 Å². The fourth-order valence-electron chi connectivity index (χ4n) is 2.81. The van der Waals surface area contributed by atoms with Gasteiger partial charge in [-0.2, -0.15) is 0 Å². The van der Waals surface area contributed by atoms with Crippen molar-refractivity contribution in [3.8, 4) is 0 Å². The molecule has 0 spiro atoms. The second kappa shape index (κ2) is 8.66. The molecule has 0 aliphatic carbocycles. The first kappa shape index (κ1) is 18.3. The van der Waals surface area contributed by atoms with Crippen molar-refractivity contribution in [2.45, 2.75) is 46.6 Å². The van der Waals surface area contributed by atoms with E-state index in [0.29, 0.717) is 6.54 Å². The zero-order valence-electron chi connectivity index (χ0n) is 14.7. The molecule has 0 aromatic heterocycles. The quantitative estimate of drug-likeness (QED) is 0.748. The Bertz CT molecular complexity index is 481. The lowest BCUT2D eigenvalue weighted by Crippen LogP contribution is -2.36. The predicted octanol–water partition coefficient (Wildman–Crippen LogP) is 3.51. The lowest BCUT2D eigenvalue weighted by molar-refractivity contribution is -0.136. The van der Waals surface area contributed by atoms with E-state index in [1.807, 2.05) is 37.2 Å². The number of anilines is 2. The number of nitrogens with zero attached hydrogens (tertiary/aromatic N) is 2. The molecule has 1 amide bonds. The third-order valence-electron chi connectivity index (χ3n) is 4.09. The van der Waals surface area contributed by atoms with E-state index in [-0.39, 0.29) is 11.8 Å². The molecule has 0 fully saturated rings. The molecule has 4 heteroatoms. The van der Waals surface area contributed by atoms with Crippen molar-refractivity contribution < 1.29 is 4.79 Å². The molecule has 1 aromatic carbocycles. The van der Waals surface area contributed by atoms with Crippen molar-refractivity contribution in [3.05, 3.63) is 23.8 Å². The fourth-order valence-corrected chi connectivity index (χ4v) is 2.81. The molecule has 0 unspecified atom stereocenters. The number of benzene rings is 1. The van der Waals surface area contributed by atoms with Crippen LogP contribution in [0.25, 0.3) is 0 Å². The van der Waals surface area contributed by atoms with Crippen molar-refractivity contribution in [3.63, 3.8) is 0 Å². The van der Waals surface area contributed by atoms with E-state index < -0.39 is 0 Å². The standard InChI is InChI=1S/C18H31N3O/c1-6-11-21(18(22)14(7-2)8-3)13-15-12-16(19)9-10-17(15)20(4)5/h9-10,12,14H,6-8,11,13,19H2,1-5H3. The number of hydrogen-bond acceptors (Lipinski definition) is 3. The molecule has 0 aliphatic rings. The largest absolute Gasteiger partial charge is 0.399 e. The molecule has 1 rings (SSSR count). The molecule has 0 saturated heterocycles. The van der Waals surface area contributed by atoms with Gasteiger partial charge in [-0.15, -0.1) is 0 Å². The van der Waals surface area contributed by atoms with Crippen LogP contribution in [0.3, 0.4) is 0 Å². The Balaban J connectivity index is 3.05. The van der Waals surface area contributed by atoms with Gasteiger partial charge in [-0.05, 0) is 43.0 Å². The average molecular weight is 305 g/mol. The van der Waals surface area contributed by atoms with Crippen LogP contribution in [0.5, 0.6) is 0 Å². The van der Waals surface area contributed by atoms with E-state index in [4.69, 9.17) is 5.73 Å². The van der Waals surface area contributed by atoms with Gasteiger partial charge in [0.25, 0.3) is 0 Å². The summed E-state index contributed by atoms with van der Waals surface area (Å²) in [6.07, 6.45) is 2.76. The molecule has 124 valence electrons. The maximum atomic E-state index is 12.7. The third kappa shape index (κ3) is 4.65. The number of hydrogen-bond donors (Lipinski definition) is 1. The van der Waals surface area contributed by atoms with Gasteiger partial charge in [0.1, 0.15) is 0 Å². The minimum atomic E-state index is 0.121. The van der Waals surface area contributed by atoms with Gasteiger partial charge in [-0.1, -0.05) is 20.8 Å². The first-order valence-electron chi connectivity index (χ1n) is 8.28. The molecular formula is C18H31N3O. The summed E-state index contributed by atoms with van der Waals surface area (Å²) in [7, 11) is 4.03. The second-order valence-corrected chi connectivity index (χ2v) is 6.06. The van der Waals surface area contributed by atoms with Crippen molar-refractivity contribution in [2.75, 3.05) is 31.3 Å². The van der Waals surface area contributed by atoms with Crippen LogP contribution in [0.2, 0.25) is 0 Å². The zero-order valence-corrected chi connectivity index (χ0v) is 14.7. The Labute approximate surface area is 135 Å². The summed E-state index contributed by atoms with van der Waals surface area (Å²) in [6, 6.07) is 5.92. The Morgan fingerprint density at radius 3 is 2.32 bits per heavy atom. The molecule has 1 aromatic rings. The normalized spacial score (nSPS) is 10.8. The van der Waals surface area contributed by atoms with Crippen molar-refractivity contribution in [2.24, 2.45) is 5.92 Å². The molecular weight excluding hydrogens is 274 g/mol. The van der Waals surface area contributed by atoms with E-state index in [2.05, 4.69) is 25.7 Å². The SMILES string of the molecule is CCCN(Cc1cc(N)ccc1N(C)C)C(=O)C(CC)CC. The van der Waals surface area contributed by atoms with Gasteiger partial charge in [-0.25, -0.2) is 0 Å². The summed E-state index contributed by atoms with van der Waals surface area (Å²) in [6.45, 7) is 7.70. The predicted molar refractivity (Wildman–Crippen MR) is 95.0 cm³/mol. The van der Waals surface area contributed by atoms with Crippen LogP contribution in [0, 0.1) is 5.92 Å². The highest BCUT2D eigenvalue weighted by atomic mass is 16.2. The summed E-state index contributed by atoms with van der Waals surface area (Å²) in [5.74, 6) is 0.384. The van der Waals surface area contributed by atoms with E-state index in [1.165, 1.54) is 0 Å². The highest BCUT2D eigenvalue weighted by Crippen LogP contribution is 2.24. The molecule has 22 heavy (non-hydrogen) atoms. The number of amides is 1. The van der Waals surface area contributed by atoms with E-state index >= 15 is 0 Å². The van der Waals surface area contributed by atoms with Gasteiger partial charge in [0.05, 0.1) is 0 Å². The Morgan fingerprint density at radius 1 is 1.18 bits per heavy atom. The molecule has 0 saturated carbocycles. The van der Waals surface area contributed by atoms with E-state index in [0.717, 1.165) is 42.7 Å². The van der Waals surface area contributed by atoms with Crippen LogP contribution in [0.15, 0.2) is 18.2 Å². The average Bonchev–Trinajstić information content (AvgIpc) is 2.47. The summed E-state index contributed by atoms with van der Waals surface area (Å²) in [5, 5.41) is 0. The zero-order chi connectivity index (χ0) is 16.7. The number of nitrogens with two attached hydrogens (primary N) is 1. The first-order chi connectivity index (χ1) is 10.4. The third-order valence-corrected chi connectivity index (χ3v) is 4.09. The van der Waals surface area contributed by atoms with Crippen LogP contribution in [0.4, 0.5) is 11.4 Å². The van der Waals surface area contributed by atoms with Gasteiger partial charge >= 0.3 is 0 Å². The van der Waals surface area contributed by atoms with Gasteiger partial charge in [0.15, 0.2) is 0 Å². The van der Waals surface area contributed by atoms with Crippen LogP contribution >= 0.6 is 0 Å². The monoisotopic (exact) mass is 305 g/mol. The summed E-state index contributed by atoms with van der Waals surface area (Å²) >= 11 is 0. The highest BCUT2D eigenvalue weighted by molar-refractivity contribution is 5.79. The molecule has 4 nitrogen and oxygen atoms in total. The summed E-state index contributed by atoms with van der Waals surface area (Å²) < 4.78 is 0. The van der Waals surface area contributed by atoms with Gasteiger partial charge in [0, 0.05) is 44.5 Å². The highest BCUT2D eigenvalue weighted by Gasteiger charge is 2.22. The maximum Gasteiger partial charge on any atom is 0.225 e. The van der Waals surface area contributed by atoms with Gasteiger partial charge in [0.2, 0.25) is 5.91 Å². The first-order valence-corrected chi connectivity index (χ1v) is 8.28. The molecule has 2 N–H and O–H groups in total. The summed E-state index contributed by atoms with van der Waals surface area (Å²) in [5.41, 5.74) is 8.91. The number of carbonyl (C=O) groups is 1. The van der Waals surface area contributed by atoms with Crippen LogP contribution in [-0.4, -0.2) is 31.4 Å². The number of rotatable bonds is 8. The van der Waals surface area contributed by atoms with E-state index in [9.17, 15) is 4.79 Å². The van der Waals surface area contributed by atoms with Gasteiger partial charge < -0.3 is 15.5 Å². The van der Waals surface area contributed by atoms with Crippen LogP contribution in [0.1, 0.15) is 45.6 Å². The number of nitrogen functional groups attached to an aromatic ring is 1. The molecule has 0 bridgehead atoms. The van der Waals surface area contributed by atoms with Crippen molar-refractivity contribution >= 4 is 17.3 Å². The van der Waals surface area contributed by atoms with Crippen LogP contribution in [-0.2, 0) is 11.3 Å². The topological polar surface area (TPSA) is 49.6 Å². The lowest BCUT2D eigenvalue weighted by atomic mass is 10.0. The minimum Gasteiger partial charge on any atom is -0.399 e. The fraction of sp³-hybridized carbons (Fsp3) is 0.611. The molecule has 0 aliphatic heterocycles. The summed E-state index contributed by atoms with van der Waals surface area (Å²) in [4.78, 5) is 16.8. The second-order valence-electron chi connectivity index (χ2n) is 6.06. The maximum absolute atomic E-state index is 12.7. The lowest BCUT2D eigenvalue weighted by Gasteiger charge is -2.28. The Hall–Kier alpha value is -1.71. The Kier molecular flexibility index (Phi) is 7.22.